The second kappa shape index (κ2) is 10.3. The predicted molar refractivity (Wildman–Crippen MR) is 120 cm³/mol. The molecule has 0 saturated heterocycles. The molecule has 31 heavy (non-hydrogen) atoms. The van der Waals surface area contributed by atoms with E-state index in [9.17, 15) is 14.4 Å². The number of nitrogens with zero attached hydrogens (tertiary/aromatic N) is 3. The zero-order chi connectivity index (χ0) is 22.2. The third-order valence-corrected chi connectivity index (χ3v) is 4.71. The molecule has 0 aliphatic carbocycles. The summed E-state index contributed by atoms with van der Waals surface area (Å²) < 4.78 is 0. The first kappa shape index (κ1) is 21.9. The molecule has 2 heterocycles. The van der Waals surface area contributed by atoms with Crippen LogP contribution in [0.1, 0.15) is 34.3 Å². The van der Waals surface area contributed by atoms with Gasteiger partial charge < -0.3 is 20.0 Å². The summed E-state index contributed by atoms with van der Waals surface area (Å²) in [7, 11) is 3.67. The van der Waals surface area contributed by atoms with Crippen LogP contribution in [0.15, 0.2) is 40.2 Å². The van der Waals surface area contributed by atoms with E-state index in [0.29, 0.717) is 48.8 Å². The Balaban J connectivity index is 1.64. The number of aromatic amines is 2. The smallest absolute Gasteiger partial charge is 0.262 e. The number of carbonyl (C=O) groups excluding carboxylic acids is 2. The third-order valence-electron chi connectivity index (χ3n) is 4.71. The van der Waals surface area contributed by atoms with Crippen LogP contribution in [0.2, 0.25) is 0 Å². The molecule has 162 valence electrons. The van der Waals surface area contributed by atoms with Gasteiger partial charge in [-0.25, -0.2) is 4.99 Å². The Morgan fingerprint density at radius 2 is 2.00 bits per heavy atom. The molecule has 0 fully saturated rings. The highest BCUT2D eigenvalue weighted by Gasteiger charge is 2.11. The van der Waals surface area contributed by atoms with Gasteiger partial charge in [0.2, 0.25) is 5.95 Å². The zero-order valence-electron chi connectivity index (χ0n) is 17.6. The maximum Gasteiger partial charge on any atom is 0.262 e. The Bertz CT molecular complexity index is 1130. The molecule has 3 N–H and O–H groups in total. The quantitative estimate of drug-likeness (QED) is 0.199. The number of benzene rings is 1. The summed E-state index contributed by atoms with van der Waals surface area (Å²) in [5.74, 6) is 0.0963. The number of aldehydes is 1. The first-order chi connectivity index (χ1) is 15.0. The Morgan fingerprint density at radius 1 is 1.23 bits per heavy atom. The van der Waals surface area contributed by atoms with E-state index in [2.05, 4.69) is 25.3 Å². The van der Waals surface area contributed by atoms with Gasteiger partial charge in [0.05, 0.1) is 11.7 Å². The summed E-state index contributed by atoms with van der Waals surface area (Å²) in [4.78, 5) is 50.9. The lowest BCUT2D eigenvalue weighted by atomic mass is 10.0. The molecule has 0 radical (unpaired) electrons. The first-order valence-corrected chi connectivity index (χ1v) is 10.1. The molecule has 0 atom stereocenters. The van der Waals surface area contributed by atoms with E-state index in [1.165, 1.54) is 0 Å². The van der Waals surface area contributed by atoms with Crippen LogP contribution >= 0.6 is 0 Å². The molecule has 0 aliphatic rings. The Morgan fingerprint density at radius 3 is 2.71 bits per heavy atom. The normalized spacial score (nSPS) is 11.2. The van der Waals surface area contributed by atoms with E-state index in [-0.39, 0.29) is 17.4 Å². The van der Waals surface area contributed by atoms with Crippen LogP contribution in [0, 0.1) is 0 Å². The van der Waals surface area contributed by atoms with Crippen molar-refractivity contribution in [2.24, 2.45) is 4.99 Å². The Kier molecular flexibility index (Phi) is 7.31. The largest absolute Gasteiger partial charge is 0.369 e. The Hall–Kier alpha value is -3.75. The highest BCUT2D eigenvalue weighted by Crippen LogP contribution is 2.17. The van der Waals surface area contributed by atoms with Gasteiger partial charge in [-0.2, -0.15) is 4.98 Å². The number of aromatic nitrogens is 3. The topological polar surface area (TPSA) is 123 Å². The molecule has 2 aromatic heterocycles. The Labute approximate surface area is 179 Å². The summed E-state index contributed by atoms with van der Waals surface area (Å²) in [6.45, 7) is 0.477. The van der Waals surface area contributed by atoms with Crippen LogP contribution in [0.5, 0.6) is 0 Å². The number of amides is 1. The molecule has 1 amide bonds. The van der Waals surface area contributed by atoms with Crippen molar-refractivity contribution in [1.82, 2.24) is 25.2 Å². The number of rotatable bonds is 10. The molecule has 0 saturated carbocycles. The van der Waals surface area contributed by atoms with Gasteiger partial charge in [0.15, 0.2) is 0 Å². The number of H-pyrrole nitrogens is 2. The van der Waals surface area contributed by atoms with Crippen molar-refractivity contribution in [2.45, 2.75) is 25.7 Å². The number of hydrogen-bond acceptors (Lipinski definition) is 5. The third kappa shape index (κ3) is 5.88. The molecule has 0 aliphatic heterocycles. The first-order valence-electron chi connectivity index (χ1n) is 10.1. The minimum absolute atomic E-state index is 0.153. The van der Waals surface area contributed by atoms with Crippen LogP contribution in [0.4, 0.5) is 5.95 Å². The molecule has 3 aromatic rings. The van der Waals surface area contributed by atoms with Crippen LogP contribution in [-0.4, -0.2) is 59.0 Å². The number of carbonyl (C=O) groups is 2. The number of aliphatic imine (C=N–C) groups is 1. The molecule has 9 heteroatoms. The lowest BCUT2D eigenvalue weighted by Crippen LogP contribution is -2.24. The van der Waals surface area contributed by atoms with Gasteiger partial charge in [-0.3, -0.25) is 14.6 Å². The maximum atomic E-state index is 12.5. The fourth-order valence-corrected chi connectivity index (χ4v) is 3.11. The highest BCUT2D eigenvalue weighted by atomic mass is 16.1. The van der Waals surface area contributed by atoms with Crippen LogP contribution in [0.25, 0.3) is 11.0 Å². The van der Waals surface area contributed by atoms with Crippen molar-refractivity contribution >= 4 is 35.5 Å². The van der Waals surface area contributed by atoms with Gasteiger partial charge in [0.1, 0.15) is 11.9 Å². The molecular formula is C22H26N6O3. The molecular weight excluding hydrogens is 396 g/mol. The van der Waals surface area contributed by atoms with Crippen molar-refractivity contribution in [3.63, 3.8) is 0 Å². The molecule has 0 unspecified atom stereocenters. The van der Waals surface area contributed by atoms with Crippen molar-refractivity contribution in [2.75, 3.05) is 20.6 Å². The number of hydrogen-bond donors (Lipinski definition) is 3. The molecule has 3 rings (SSSR count). The van der Waals surface area contributed by atoms with E-state index in [1.54, 1.807) is 29.6 Å². The highest BCUT2D eigenvalue weighted by molar-refractivity contribution is 5.94. The fourth-order valence-electron chi connectivity index (χ4n) is 3.11. The van der Waals surface area contributed by atoms with E-state index < -0.39 is 0 Å². The van der Waals surface area contributed by atoms with E-state index in [0.717, 1.165) is 17.4 Å². The van der Waals surface area contributed by atoms with Crippen molar-refractivity contribution < 1.29 is 9.59 Å². The zero-order valence-corrected chi connectivity index (χ0v) is 17.6. The standard InChI is InChI=1S/C22H26N6O3/c1-28(2)14-25-22-26-19-18(21(31)27-22)17(13-24-19)10-7-15-5-8-16(9-6-15)20(30)23-11-3-4-12-29/h5-6,8-9,12-14H,3-4,7,10-11H2,1-2H3,(H,23,30)(H2,24,26,27,31). The van der Waals surface area contributed by atoms with Gasteiger partial charge >= 0.3 is 0 Å². The van der Waals surface area contributed by atoms with Crippen molar-refractivity contribution in [1.29, 1.82) is 0 Å². The number of aryl methyl sites for hydroxylation is 2. The second-order valence-electron chi connectivity index (χ2n) is 7.40. The molecule has 1 aromatic carbocycles. The van der Waals surface area contributed by atoms with Gasteiger partial charge in [-0.15, -0.1) is 0 Å². The average molecular weight is 422 g/mol. The fraction of sp³-hybridized carbons (Fsp3) is 0.318. The van der Waals surface area contributed by atoms with Crippen molar-refractivity contribution in [3.05, 3.63) is 57.5 Å². The summed E-state index contributed by atoms with van der Waals surface area (Å²) in [5, 5.41) is 3.33. The number of nitrogens with one attached hydrogen (secondary N) is 3. The van der Waals surface area contributed by atoms with Gasteiger partial charge in [-0.1, -0.05) is 12.1 Å². The minimum Gasteiger partial charge on any atom is -0.369 e. The van der Waals surface area contributed by atoms with Crippen LogP contribution in [-0.2, 0) is 17.6 Å². The second-order valence-corrected chi connectivity index (χ2v) is 7.40. The maximum absolute atomic E-state index is 12.5. The van der Waals surface area contributed by atoms with Crippen molar-refractivity contribution in [3.8, 4) is 0 Å². The van der Waals surface area contributed by atoms with Crippen LogP contribution in [0.3, 0.4) is 0 Å². The number of unbranched alkanes of at least 4 members (excludes halogenated alkanes) is 1. The van der Waals surface area contributed by atoms with E-state index in [1.807, 2.05) is 26.2 Å². The summed E-state index contributed by atoms with van der Waals surface area (Å²) in [6, 6.07) is 7.38. The summed E-state index contributed by atoms with van der Waals surface area (Å²) in [6.07, 6.45) is 6.66. The van der Waals surface area contributed by atoms with Crippen LogP contribution < -0.4 is 10.9 Å². The lowest BCUT2D eigenvalue weighted by molar-refractivity contribution is -0.107. The van der Waals surface area contributed by atoms with Gasteiger partial charge in [0, 0.05) is 38.8 Å². The average Bonchev–Trinajstić information content (AvgIpc) is 3.17. The van der Waals surface area contributed by atoms with E-state index >= 15 is 0 Å². The van der Waals surface area contributed by atoms with E-state index in [4.69, 9.17) is 0 Å². The minimum atomic E-state index is -0.228. The summed E-state index contributed by atoms with van der Waals surface area (Å²) in [5.41, 5.74) is 2.79. The predicted octanol–water partition coefficient (Wildman–Crippen LogP) is 1.97. The lowest BCUT2D eigenvalue weighted by Gasteiger charge is -2.06. The molecule has 9 nitrogen and oxygen atoms in total. The molecule has 0 spiro atoms. The van der Waals surface area contributed by atoms with Gasteiger partial charge in [-0.05, 0) is 42.5 Å². The van der Waals surface area contributed by atoms with Gasteiger partial charge in [0.25, 0.3) is 11.5 Å². The SMILES string of the molecule is CN(C)C=Nc1nc2[nH]cc(CCc3ccc(C(=O)NCCCC=O)cc3)c2c(=O)[nH]1. The monoisotopic (exact) mass is 422 g/mol. The summed E-state index contributed by atoms with van der Waals surface area (Å²) >= 11 is 0. The number of fused-ring (bicyclic) bond motifs is 1. The molecule has 0 bridgehead atoms.